The SMILES string of the molecule is CCNC1CCN(C2(C)CCOCC2)C1. The van der Waals surface area contributed by atoms with Gasteiger partial charge in [0.1, 0.15) is 0 Å². The topological polar surface area (TPSA) is 24.5 Å². The first-order chi connectivity index (χ1) is 7.24. The number of ether oxygens (including phenoxy) is 1. The average molecular weight is 212 g/mol. The third-order valence-corrected chi connectivity index (χ3v) is 4.01. The Balaban J connectivity index is 1.88. The molecule has 0 saturated carbocycles. The molecule has 2 rings (SSSR count). The van der Waals surface area contributed by atoms with Crippen LogP contribution in [0.3, 0.4) is 0 Å². The Morgan fingerprint density at radius 2 is 2.13 bits per heavy atom. The fourth-order valence-electron chi connectivity index (χ4n) is 2.83. The standard InChI is InChI=1S/C12H24N2O/c1-3-13-11-4-7-14(10-11)12(2)5-8-15-9-6-12/h11,13H,3-10H2,1-2H3. The Hall–Kier alpha value is -0.120. The quantitative estimate of drug-likeness (QED) is 0.762. The van der Waals surface area contributed by atoms with Crippen LogP contribution < -0.4 is 5.32 Å². The van der Waals surface area contributed by atoms with E-state index in [-0.39, 0.29) is 0 Å². The molecule has 1 atom stereocenters. The Morgan fingerprint density at radius 3 is 2.80 bits per heavy atom. The summed E-state index contributed by atoms with van der Waals surface area (Å²) in [5.74, 6) is 0. The molecular weight excluding hydrogens is 188 g/mol. The number of hydrogen-bond acceptors (Lipinski definition) is 3. The Labute approximate surface area is 93.2 Å². The summed E-state index contributed by atoms with van der Waals surface area (Å²) in [4.78, 5) is 2.67. The minimum atomic E-state index is 0.405. The molecule has 2 fully saturated rings. The molecule has 1 unspecified atom stereocenters. The van der Waals surface area contributed by atoms with Gasteiger partial charge in [-0.15, -0.1) is 0 Å². The molecule has 3 heteroatoms. The summed E-state index contributed by atoms with van der Waals surface area (Å²) in [6.07, 6.45) is 3.71. The predicted molar refractivity (Wildman–Crippen MR) is 62.1 cm³/mol. The van der Waals surface area contributed by atoms with Crippen molar-refractivity contribution in [2.24, 2.45) is 0 Å². The second-order valence-corrected chi connectivity index (χ2v) is 5.10. The van der Waals surface area contributed by atoms with Crippen LogP contribution in [0.4, 0.5) is 0 Å². The highest BCUT2D eigenvalue weighted by atomic mass is 16.5. The summed E-state index contributed by atoms with van der Waals surface area (Å²) < 4.78 is 5.46. The highest BCUT2D eigenvalue weighted by Crippen LogP contribution is 2.30. The van der Waals surface area contributed by atoms with Crippen molar-refractivity contribution >= 4 is 0 Å². The van der Waals surface area contributed by atoms with Gasteiger partial charge in [0.15, 0.2) is 0 Å². The highest BCUT2D eigenvalue weighted by molar-refractivity contribution is 4.94. The fourth-order valence-corrected chi connectivity index (χ4v) is 2.83. The number of rotatable bonds is 3. The zero-order valence-electron chi connectivity index (χ0n) is 10.1. The van der Waals surface area contributed by atoms with Crippen LogP contribution >= 0.6 is 0 Å². The molecule has 2 aliphatic heterocycles. The van der Waals surface area contributed by atoms with Crippen LogP contribution in [0.25, 0.3) is 0 Å². The molecule has 2 aliphatic rings. The maximum Gasteiger partial charge on any atom is 0.0483 e. The van der Waals surface area contributed by atoms with Crippen LogP contribution in [0.1, 0.15) is 33.1 Å². The lowest BCUT2D eigenvalue weighted by molar-refractivity contribution is -0.00965. The van der Waals surface area contributed by atoms with Gasteiger partial charge < -0.3 is 10.1 Å². The van der Waals surface area contributed by atoms with E-state index in [9.17, 15) is 0 Å². The number of likely N-dealkylation sites (N-methyl/N-ethyl adjacent to an activating group) is 1. The lowest BCUT2D eigenvalue weighted by atomic mass is 9.91. The third-order valence-electron chi connectivity index (χ3n) is 4.01. The van der Waals surface area contributed by atoms with Crippen LogP contribution in [-0.2, 0) is 4.74 Å². The van der Waals surface area contributed by atoms with E-state index in [0.717, 1.165) is 25.8 Å². The van der Waals surface area contributed by atoms with Crippen LogP contribution in [0.5, 0.6) is 0 Å². The van der Waals surface area contributed by atoms with Gasteiger partial charge in [0.05, 0.1) is 0 Å². The van der Waals surface area contributed by atoms with Gasteiger partial charge in [0.2, 0.25) is 0 Å². The monoisotopic (exact) mass is 212 g/mol. The molecule has 2 saturated heterocycles. The van der Waals surface area contributed by atoms with Gasteiger partial charge in [0, 0.05) is 37.9 Å². The van der Waals surface area contributed by atoms with Crippen LogP contribution in [0, 0.1) is 0 Å². The first kappa shape index (κ1) is 11.4. The first-order valence-electron chi connectivity index (χ1n) is 6.31. The Bertz CT molecular complexity index is 202. The maximum absolute atomic E-state index is 5.46. The van der Waals surface area contributed by atoms with Crippen LogP contribution in [0.2, 0.25) is 0 Å². The van der Waals surface area contributed by atoms with Crippen molar-refractivity contribution in [3.8, 4) is 0 Å². The molecule has 88 valence electrons. The number of likely N-dealkylation sites (tertiary alicyclic amines) is 1. The van der Waals surface area contributed by atoms with E-state index in [1.807, 2.05) is 0 Å². The molecule has 0 radical (unpaired) electrons. The van der Waals surface area contributed by atoms with E-state index >= 15 is 0 Å². The van der Waals surface area contributed by atoms with Gasteiger partial charge in [-0.25, -0.2) is 0 Å². The van der Waals surface area contributed by atoms with E-state index in [1.54, 1.807) is 0 Å². The Morgan fingerprint density at radius 1 is 1.40 bits per heavy atom. The van der Waals surface area contributed by atoms with E-state index < -0.39 is 0 Å². The van der Waals surface area contributed by atoms with E-state index in [4.69, 9.17) is 4.74 Å². The zero-order valence-corrected chi connectivity index (χ0v) is 10.1. The summed E-state index contributed by atoms with van der Waals surface area (Å²) in [6, 6.07) is 0.717. The molecule has 0 aromatic carbocycles. The van der Waals surface area contributed by atoms with Gasteiger partial charge in [-0.1, -0.05) is 6.92 Å². The minimum absolute atomic E-state index is 0.405. The molecule has 15 heavy (non-hydrogen) atoms. The summed E-state index contributed by atoms with van der Waals surface area (Å²) in [6.45, 7) is 10.1. The molecule has 0 amide bonds. The zero-order chi connectivity index (χ0) is 10.7. The van der Waals surface area contributed by atoms with Crippen molar-refractivity contribution in [2.75, 3.05) is 32.8 Å². The summed E-state index contributed by atoms with van der Waals surface area (Å²) in [7, 11) is 0. The third kappa shape index (κ3) is 2.52. The lowest BCUT2D eigenvalue weighted by Crippen LogP contribution is -2.49. The van der Waals surface area contributed by atoms with Gasteiger partial charge in [0.25, 0.3) is 0 Å². The van der Waals surface area contributed by atoms with E-state index in [0.29, 0.717) is 5.54 Å². The van der Waals surface area contributed by atoms with Crippen molar-refractivity contribution in [2.45, 2.75) is 44.7 Å². The largest absolute Gasteiger partial charge is 0.381 e. The molecule has 2 heterocycles. The molecule has 0 aromatic rings. The summed E-state index contributed by atoms with van der Waals surface area (Å²) in [5.41, 5.74) is 0.405. The molecule has 1 N–H and O–H groups in total. The van der Waals surface area contributed by atoms with Crippen molar-refractivity contribution in [3.63, 3.8) is 0 Å². The fraction of sp³-hybridized carbons (Fsp3) is 1.00. The summed E-state index contributed by atoms with van der Waals surface area (Å²) in [5, 5.41) is 3.56. The lowest BCUT2D eigenvalue weighted by Gasteiger charge is -2.41. The molecular formula is C12H24N2O. The minimum Gasteiger partial charge on any atom is -0.381 e. The van der Waals surface area contributed by atoms with Gasteiger partial charge in [-0.3, -0.25) is 4.90 Å². The normalized spacial score (nSPS) is 32.0. The first-order valence-corrected chi connectivity index (χ1v) is 6.31. The van der Waals surface area contributed by atoms with Gasteiger partial charge >= 0.3 is 0 Å². The second-order valence-electron chi connectivity index (χ2n) is 5.10. The maximum atomic E-state index is 5.46. The molecule has 3 nitrogen and oxygen atoms in total. The van der Waals surface area contributed by atoms with Crippen molar-refractivity contribution < 1.29 is 4.74 Å². The van der Waals surface area contributed by atoms with Crippen LogP contribution in [0.15, 0.2) is 0 Å². The number of hydrogen-bond donors (Lipinski definition) is 1. The number of nitrogens with zero attached hydrogens (tertiary/aromatic N) is 1. The van der Waals surface area contributed by atoms with Gasteiger partial charge in [-0.05, 0) is 32.7 Å². The van der Waals surface area contributed by atoms with Crippen molar-refractivity contribution in [1.29, 1.82) is 0 Å². The molecule has 0 aromatic heterocycles. The predicted octanol–water partition coefficient (Wildman–Crippen LogP) is 1.24. The van der Waals surface area contributed by atoms with Crippen LogP contribution in [-0.4, -0.2) is 49.3 Å². The second kappa shape index (κ2) is 4.81. The van der Waals surface area contributed by atoms with E-state index in [1.165, 1.54) is 32.4 Å². The van der Waals surface area contributed by atoms with Gasteiger partial charge in [-0.2, -0.15) is 0 Å². The van der Waals surface area contributed by atoms with Crippen molar-refractivity contribution in [3.05, 3.63) is 0 Å². The molecule has 0 aliphatic carbocycles. The van der Waals surface area contributed by atoms with E-state index in [2.05, 4.69) is 24.1 Å². The average Bonchev–Trinajstić information content (AvgIpc) is 2.69. The smallest absolute Gasteiger partial charge is 0.0483 e. The molecule has 0 bridgehead atoms. The van der Waals surface area contributed by atoms with Crippen molar-refractivity contribution in [1.82, 2.24) is 10.2 Å². The highest BCUT2D eigenvalue weighted by Gasteiger charge is 2.37. The number of nitrogens with one attached hydrogen (secondary N) is 1. The Kier molecular flexibility index (Phi) is 3.65. The summed E-state index contributed by atoms with van der Waals surface area (Å²) >= 11 is 0. The molecule has 0 spiro atoms.